The average Bonchev–Trinajstić information content (AvgIpc) is 3.10. The number of hydrogen-bond acceptors (Lipinski definition) is 4. The van der Waals surface area contributed by atoms with Gasteiger partial charge in [0.25, 0.3) is 11.8 Å². The Morgan fingerprint density at radius 2 is 1.55 bits per heavy atom. The first kappa shape index (κ1) is 20.7. The Morgan fingerprint density at radius 3 is 2.19 bits per heavy atom. The summed E-state index contributed by atoms with van der Waals surface area (Å²) >= 11 is 3.36. The maximum absolute atomic E-state index is 13.3. The van der Waals surface area contributed by atoms with Crippen molar-refractivity contribution in [2.45, 2.75) is 6.92 Å². The third-order valence-electron chi connectivity index (χ3n) is 4.86. The van der Waals surface area contributed by atoms with Crippen molar-refractivity contribution < 1.29 is 9.59 Å². The molecule has 0 unspecified atom stereocenters. The predicted octanol–water partition coefficient (Wildman–Crippen LogP) is 4.62. The van der Waals surface area contributed by atoms with Crippen molar-refractivity contribution in [3.05, 3.63) is 101 Å². The second-order valence-electron chi connectivity index (χ2n) is 6.97. The Bertz CT molecular complexity index is 1160. The monoisotopic (exact) mass is 474 g/mol. The first-order chi connectivity index (χ1) is 15.0. The summed E-state index contributed by atoms with van der Waals surface area (Å²) in [5.41, 5.74) is 5.53. The summed E-state index contributed by atoms with van der Waals surface area (Å²) in [5.74, 6) is -1.28. The number of carbonyl (C=O) groups is 2. The molecule has 1 aliphatic heterocycles. The zero-order valence-corrected chi connectivity index (χ0v) is 18.3. The Labute approximate surface area is 188 Å². The standard InChI is InChI=1S/C24H19BrN4O2/c1-16-21(24(31)29(28-16)20-10-6-3-7-11-20)22(17-8-4-2-5-9-17)26-27-23(30)18-12-14-19(25)15-13-18/h2-15,21H,1H3,(H,27,30)/b26-22-/t21-/m0/s1. The fourth-order valence-corrected chi connectivity index (χ4v) is 3.58. The molecule has 2 amide bonds. The number of carbonyl (C=O) groups excluding carboxylic acids is 2. The van der Waals surface area contributed by atoms with E-state index in [4.69, 9.17) is 0 Å². The molecule has 154 valence electrons. The van der Waals surface area contributed by atoms with E-state index in [9.17, 15) is 9.59 Å². The minimum absolute atomic E-state index is 0.218. The van der Waals surface area contributed by atoms with Crippen LogP contribution in [-0.2, 0) is 4.79 Å². The number of hydrazone groups is 2. The predicted molar refractivity (Wildman–Crippen MR) is 125 cm³/mol. The summed E-state index contributed by atoms with van der Waals surface area (Å²) in [5, 5.41) is 10.2. The first-order valence-corrected chi connectivity index (χ1v) is 10.5. The summed E-state index contributed by atoms with van der Waals surface area (Å²) < 4.78 is 0.877. The highest BCUT2D eigenvalue weighted by molar-refractivity contribution is 9.10. The van der Waals surface area contributed by atoms with E-state index in [0.29, 0.717) is 22.7 Å². The number of nitrogens with one attached hydrogen (secondary N) is 1. The molecular formula is C24H19BrN4O2. The van der Waals surface area contributed by atoms with E-state index >= 15 is 0 Å². The van der Waals surface area contributed by atoms with Crippen molar-refractivity contribution in [3.8, 4) is 0 Å². The van der Waals surface area contributed by atoms with Crippen LogP contribution in [0.1, 0.15) is 22.8 Å². The number of nitrogens with zero attached hydrogens (tertiary/aromatic N) is 3. The van der Waals surface area contributed by atoms with Gasteiger partial charge in [-0.25, -0.2) is 5.43 Å². The molecule has 0 saturated heterocycles. The van der Waals surface area contributed by atoms with Crippen molar-refractivity contribution in [1.29, 1.82) is 0 Å². The number of rotatable bonds is 5. The second-order valence-corrected chi connectivity index (χ2v) is 7.89. The molecule has 0 saturated carbocycles. The van der Waals surface area contributed by atoms with Gasteiger partial charge in [-0.3, -0.25) is 9.59 Å². The van der Waals surface area contributed by atoms with E-state index < -0.39 is 5.92 Å². The van der Waals surface area contributed by atoms with E-state index in [1.165, 1.54) is 5.01 Å². The topological polar surface area (TPSA) is 74.1 Å². The average molecular weight is 475 g/mol. The van der Waals surface area contributed by atoms with E-state index in [1.807, 2.05) is 60.7 Å². The van der Waals surface area contributed by atoms with Crippen LogP contribution in [0.3, 0.4) is 0 Å². The van der Waals surface area contributed by atoms with E-state index in [-0.39, 0.29) is 11.8 Å². The third kappa shape index (κ3) is 4.46. The molecule has 7 heteroatoms. The van der Waals surface area contributed by atoms with Crippen LogP contribution in [0.5, 0.6) is 0 Å². The fraction of sp³-hybridized carbons (Fsp3) is 0.0833. The number of hydrogen-bond donors (Lipinski definition) is 1. The van der Waals surface area contributed by atoms with Gasteiger partial charge >= 0.3 is 0 Å². The molecule has 3 aromatic rings. The summed E-state index contributed by atoms with van der Waals surface area (Å²) in [6.07, 6.45) is 0. The van der Waals surface area contributed by atoms with E-state index in [0.717, 1.165) is 10.0 Å². The van der Waals surface area contributed by atoms with Crippen LogP contribution in [0.25, 0.3) is 0 Å². The van der Waals surface area contributed by atoms with Crippen LogP contribution in [0.2, 0.25) is 0 Å². The van der Waals surface area contributed by atoms with Crippen LogP contribution in [0.4, 0.5) is 5.69 Å². The molecule has 6 nitrogen and oxygen atoms in total. The quantitative estimate of drug-likeness (QED) is 0.432. The van der Waals surface area contributed by atoms with Crippen molar-refractivity contribution in [1.82, 2.24) is 5.43 Å². The van der Waals surface area contributed by atoms with Crippen LogP contribution >= 0.6 is 15.9 Å². The molecule has 0 radical (unpaired) electrons. The normalized spacial score (nSPS) is 16.3. The number of para-hydroxylation sites is 1. The molecule has 0 fully saturated rings. The number of amides is 2. The lowest BCUT2D eigenvalue weighted by atomic mass is 9.93. The van der Waals surface area contributed by atoms with Crippen LogP contribution in [0.15, 0.2) is 99.6 Å². The van der Waals surface area contributed by atoms with Gasteiger partial charge in [-0.15, -0.1) is 0 Å². The van der Waals surface area contributed by atoms with Crippen molar-refractivity contribution >= 4 is 44.9 Å². The number of halogens is 1. The van der Waals surface area contributed by atoms with Crippen molar-refractivity contribution in [2.75, 3.05) is 5.01 Å². The van der Waals surface area contributed by atoms with Gasteiger partial charge in [-0.05, 0) is 48.9 Å². The Balaban J connectivity index is 1.67. The Kier molecular flexibility index (Phi) is 6.04. The number of benzene rings is 3. The van der Waals surface area contributed by atoms with Crippen molar-refractivity contribution in [2.24, 2.45) is 16.1 Å². The van der Waals surface area contributed by atoms with Gasteiger partial charge in [-0.1, -0.05) is 64.5 Å². The maximum Gasteiger partial charge on any atom is 0.271 e. The molecular weight excluding hydrogens is 456 g/mol. The Hall–Kier alpha value is -3.58. The lowest BCUT2D eigenvalue weighted by Gasteiger charge is -2.16. The summed E-state index contributed by atoms with van der Waals surface area (Å²) in [6, 6.07) is 25.5. The molecule has 0 aliphatic carbocycles. The molecule has 1 aliphatic rings. The summed E-state index contributed by atoms with van der Waals surface area (Å²) in [7, 11) is 0. The molecule has 0 aromatic heterocycles. The molecule has 0 spiro atoms. The zero-order chi connectivity index (χ0) is 21.8. The van der Waals surface area contributed by atoms with Crippen LogP contribution < -0.4 is 10.4 Å². The SMILES string of the molecule is CC1=NN(c2ccccc2)C(=O)[C@@H]1/C(=N\NC(=O)c1ccc(Br)cc1)c1ccccc1. The lowest BCUT2D eigenvalue weighted by Crippen LogP contribution is -2.35. The smallest absolute Gasteiger partial charge is 0.271 e. The van der Waals surface area contributed by atoms with Gasteiger partial charge in [-0.2, -0.15) is 15.2 Å². The zero-order valence-electron chi connectivity index (χ0n) is 16.7. The first-order valence-electron chi connectivity index (χ1n) is 9.67. The summed E-state index contributed by atoms with van der Waals surface area (Å²) in [6.45, 7) is 1.79. The van der Waals surface area contributed by atoms with Gasteiger partial charge in [0.1, 0.15) is 5.92 Å². The van der Waals surface area contributed by atoms with E-state index in [1.54, 1.807) is 31.2 Å². The molecule has 31 heavy (non-hydrogen) atoms. The summed E-state index contributed by atoms with van der Waals surface area (Å²) in [4.78, 5) is 25.9. The van der Waals surface area contributed by atoms with Crippen LogP contribution in [0, 0.1) is 5.92 Å². The largest absolute Gasteiger partial charge is 0.271 e. The third-order valence-corrected chi connectivity index (χ3v) is 5.39. The fourth-order valence-electron chi connectivity index (χ4n) is 3.32. The molecule has 1 atom stereocenters. The highest BCUT2D eigenvalue weighted by Gasteiger charge is 2.38. The minimum atomic E-state index is -0.701. The molecule has 4 rings (SSSR count). The second kappa shape index (κ2) is 9.06. The van der Waals surface area contributed by atoms with Crippen LogP contribution in [-0.4, -0.2) is 23.2 Å². The van der Waals surface area contributed by atoms with Gasteiger partial charge in [0, 0.05) is 10.0 Å². The Morgan fingerprint density at radius 1 is 0.935 bits per heavy atom. The lowest BCUT2D eigenvalue weighted by molar-refractivity contribution is -0.118. The minimum Gasteiger partial charge on any atom is -0.271 e. The molecule has 0 bridgehead atoms. The highest BCUT2D eigenvalue weighted by atomic mass is 79.9. The molecule has 1 heterocycles. The maximum atomic E-state index is 13.3. The van der Waals surface area contributed by atoms with Gasteiger partial charge in [0.05, 0.1) is 17.1 Å². The van der Waals surface area contributed by atoms with Gasteiger partial charge in [0.2, 0.25) is 0 Å². The molecule has 1 N–H and O–H groups in total. The van der Waals surface area contributed by atoms with E-state index in [2.05, 4.69) is 31.6 Å². The van der Waals surface area contributed by atoms with Gasteiger partial charge in [0.15, 0.2) is 0 Å². The molecule has 3 aromatic carbocycles. The highest BCUT2D eigenvalue weighted by Crippen LogP contribution is 2.26. The van der Waals surface area contributed by atoms with Gasteiger partial charge < -0.3 is 0 Å². The number of anilines is 1. The van der Waals surface area contributed by atoms with Crippen molar-refractivity contribution in [3.63, 3.8) is 0 Å².